The summed E-state index contributed by atoms with van der Waals surface area (Å²) in [6.07, 6.45) is 4.31. The highest BCUT2D eigenvalue weighted by Crippen LogP contribution is 2.19. The van der Waals surface area contributed by atoms with E-state index in [1.807, 2.05) is 18.3 Å². The predicted molar refractivity (Wildman–Crippen MR) is 72.4 cm³/mol. The van der Waals surface area contributed by atoms with Gasteiger partial charge in [0.2, 0.25) is 0 Å². The van der Waals surface area contributed by atoms with Gasteiger partial charge in [0.25, 0.3) is 5.91 Å². The molecule has 1 aromatic heterocycles. The minimum Gasteiger partial charge on any atom is -0.378 e. The molecule has 1 aromatic rings. The van der Waals surface area contributed by atoms with Gasteiger partial charge in [-0.25, -0.2) is 4.98 Å². The Morgan fingerprint density at radius 2 is 1.84 bits per heavy atom. The summed E-state index contributed by atoms with van der Waals surface area (Å²) in [5.41, 5.74) is 1.65. The summed E-state index contributed by atoms with van der Waals surface area (Å²) in [6.45, 7) is 4.76. The van der Waals surface area contributed by atoms with Crippen LogP contribution in [0.3, 0.4) is 0 Å². The zero-order valence-electron chi connectivity index (χ0n) is 11.0. The number of anilines is 1. The van der Waals surface area contributed by atoms with Crippen LogP contribution < -0.4 is 4.90 Å². The van der Waals surface area contributed by atoms with Gasteiger partial charge in [0.1, 0.15) is 5.69 Å². The third-order valence-electron chi connectivity index (χ3n) is 3.74. The second-order valence-electron chi connectivity index (χ2n) is 5.00. The van der Waals surface area contributed by atoms with E-state index in [0.29, 0.717) is 32.0 Å². The van der Waals surface area contributed by atoms with Crippen LogP contribution in [0.15, 0.2) is 18.3 Å². The zero-order chi connectivity index (χ0) is 13.1. The molecule has 0 aliphatic carbocycles. The van der Waals surface area contributed by atoms with Crippen LogP contribution in [0.5, 0.6) is 0 Å². The smallest absolute Gasteiger partial charge is 0.272 e. The van der Waals surface area contributed by atoms with Crippen molar-refractivity contribution in [2.24, 2.45) is 0 Å². The van der Waals surface area contributed by atoms with Gasteiger partial charge in [-0.05, 0) is 25.0 Å². The number of rotatable bonds is 2. The Morgan fingerprint density at radius 3 is 2.47 bits per heavy atom. The van der Waals surface area contributed by atoms with Gasteiger partial charge in [0.05, 0.1) is 25.1 Å². The summed E-state index contributed by atoms with van der Waals surface area (Å²) in [4.78, 5) is 20.7. The SMILES string of the molecule is O=C(c1ccc(N2CCCC2)cn1)N1CCOCC1. The van der Waals surface area contributed by atoms with Gasteiger partial charge in [-0.1, -0.05) is 0 Å². The maximum Gasteiger partial charge on any atom is 0.272 e. The molecular weight excluding hydrogens is 242 g/mol. The number of ether oxygens (including phenoxy) is 1. The predicted octanol–water partition coefficient (Wildman–Crippen LogP) is 1.15. The lowest BCUT2D eigenvalue weighted by atomic mass is 10.2. The number of pyridine rings is 1. The third-order valence-corrected chi connectivity index (χ3v) is 3.74. The molecule has 0 bridgehead atoms. The van der Waals surface area contributed by atoms with E-state index in [2.05, 4.69) is 9.88 Å². The molecule has 2 aliphatic rings. The Balaban J connectivity index is 1.69. The Bertz CT molecular complexity index is 435. The zero-order valence-corrected chi connectivity index (χ0v) is 11.0. The maximum absolute atomic E-state index is 12.2. The van der Waals surface area contributed by atoms with Crippen molar-refractivity contribution in [1.29, 1.82) is 0 Å². The normalized spacial score (nSPS) is 19.8. The Morgan fingerprint density at radius 1 is 1.11 bits per heavy atom. The second-order valence-corrected chi connectivity index (χ2v) is 5.00. The van der Waals surface area contributed by atoms with Gasteiger partial charge in [0, 0.05) is 26.2 Å². The lowest BCUT2D eigenvalue weighted by Crippen LogP contribution is -2.41. The number of hydrogen-bond donors (Lipinski definition) is 0. The summed E-state index contributed by atoms with van der Waals surface area (Å²) in [6, 6.07) is 3.84. The average Bonchev–Trinajstić information content (AvgIpc) is 3.02. The number of nitrogens with zero attached hydrogens (tertiary/aromatic N) is 3. The van der Waals surface area contributed by atoms with Crippen molar-refractivity contribution < 1.29 is 9.53 Å². The molecule has 2 saturated heterocycles. The van der Waals surface area contributed by atoms with Crippen LogP contribution in [-0.2, 0) is 4.74 Å². The first kappa shape index (κ1) is 12.4. The average molecular weight is 261 g/mol. The summed E-state index contributed by atoms with van der Waals surface area (Å²) < 4.78 is 5.25. The molecule has 3 heterocycles. The fraction of sp³-hybridized carbons (Fsp3) is 0.571. The molecule has 0 unspecified atom stereocenters. The van der Waals surface area contributed by atoms with E-state index in [1.165, 1.54) is 12.8 Å². The molecule has 5 nitrogen and oxygen atoms in total. The largest absolute Gasteiger partial charge is 0.378 e. The number of morpholine rings is 1. The van der Waals surface area contributed by atoms with E-state index in [9.17, 15) is 4.79 Å². The van der Waals surface area contributed by atoms with Crippen LogP contribution in [0.2, 0.25) is 0 Å². The molecule has 19 heavy (non-hydrogen) atoms. The highest BCUT2D eigenvalue weighted by Gasteiger charge is 2.20. The van der Waals surface area contributed by atoms with Crippen molar-refractivity contribution in [3.05, 3.63) is 24.0 Å². The summed E-state index contributed by atoms with van der Waals surface area (Å²) in [5.74, 6) is 0.0104. The van der Waals surface area contributed by atoms with E-state index in [-0.39, 0.29) is 5.91 Å². The molecule has 0 spiro atoms. The molecule has 2 fully saturated rings. The van der Waals surface area contributed by atoms with Gasteiger partial charge in [0.15, 0.2) is 0 Å². The first-order valence-electron chi connectivity index (χ1n) is 6.92. The van der Waals surface area contributed by atoms with Crippen LogP contribution in [0.25, 0.3) is 0 Å². The van der Waals surface area contributed by atoms with Crippen LogP contribution in [0.4, 0.5) is 5.69 Å². The van der Waals surface area contributed by atoms with Gasteiger partial charge < -0.3 is 14.5 Å². The van der Waals surface area contributed by atoms with Crippen molar-refractivity contribution in [2.75, 3.05) is 44.3 Å². The molecule has 0 N–H and O–H groups in total. The minimum absolute atomic E-state index is 0.0104. The molecule has 0 radical (unpaired) electrons. The Kier molecular flexibility index (Phi) is 3.64. The quantitative estimate of drug-likeness (QED) is 0.801. The summed E-state index contributed by atoms with van der Waals surface area (Å²) in [5, 5.41) is 0. The number of aromatic nitrogens is 1. The van der Waals surface area contributed by atoms with Gasteiger partial charge in [-0.2, -0.15) is 0 Å². The molecule has 2 aliphatic heterocycles. The van der Waals surface area contributed by atoms with Crippen molar-refractivity contribution in [1.82, 2.24) is 9.88 Å². The lowest BCUT2D eigenvalue weighted by molar-refractivity contribution is 0.0299. The first-order valence-corrected chi connectivity index (χ1v) is 6.92. The minimum atomic E-state index is 0.0104. The van der Waals surface area contributed by atoms with Gasteiger partial charge in [-0.3, -0.25) is 4.79 Å². The van der Waals surface area contributed by atoms with Gasteiger partial charge in [-0.15, -0.1) is 0 Å². The number of carbonyl (C=O) groups is 1. The topological polar surface area (TPSA) is 45.7 Å². The van der Waals surface area contributed by atoms with Crippen LogP contribution in [0, 0.1) is 0 Å². The third kappa shape index (κ3) is 2.71. The van der Waals surface area contributed by atoms with E-state index in [1.54, 1.807) is 4.90 Å². The molecular formula is C14H19N3O2. The van der Waals surface area contributed by atoms with Crippen LogP contribution in [-0.4, -0.2) is 55.2 Å². The number of hydrogen-bond acceptors (Lipinski definition) is 4. The van der Waals surface area contributed by atoms with Crippen molar-refractivity contribution >= 4 is 11.6 Å². The molecule has 3 rings (SSSR count). The van der Waals surface area contributed by atoms with Gasteiger partial charge >= 0.3 is 0 Å². The first-order chi connectivity index (χ1) is 9.34. The van der Waals surface area contributed by atoms with Crippen molar-refractivity contribution in [2.45, 2.75) is 12.8 Å². The standard InChI is InChI=1S/C14H19N3O2/c18-14(17-7-9-19-10-8-17)13-4-3-12(11-15-13)16-5-1-2-6-16/h3-4,11H,1-2,5-10H2. The summed E-state index contributed by atoms with van der Waals surface area (Å²) >= 11 is 0. The number of carbonyl (C=O) groups excluding carboxylic acids is 1. The maximum atomic E-state index is 12.2. The Labute approximate surface area is 113 Å². The second kappa shape index (κ2) is 5.57. The van der Waals surface area contributed by atoms with E-state index in [0.717, 1.165) is 18.8 Å². The fourth-order valence-electron chi connectivity index (χ4n) is 2.60. The summed E-state index contributed by atoms with van der Waals surface area (Å²) in [7, 11) is 0. The van der Waals surface area contributed by atoms with Crippen molar-refractivity contribution in [3.8, 4) is 0 Å². The highest BCUT2D eigenvalue weighted by atomic mass is 16.5. The molecule has 5 heteroatoms. The van der Waals surface area contributed by atoms with Crippen LogP contribution >= 0.6 is 0 Å². The fourth-order valence-corrected chi connectivity index (χ4v) is 2.60. The van der Waals surface area contributed by atoms with E-state index >= 15 is 0 Å². The van der Waals surface area contributed by atoms with Crippen molar-refractivity contribution in [3.63, 3.8) is 0 Å². The van der Waals surface area contributed by atoms with E-state index in [4.69, 9.17) is 4.74 Å². The molecule has 0 aromatic carbocycles. The van der Waals surface area contributed by atoms with E-state index < -0.39 is 0 Å². The van der Waals surface area contributed by atoms with Crippen LogP contribution in [0.1, 0.15) is 23.3 Å². The molecule has 102 valence electrons. The number of amides is 1. The lowest BCUT2D eigenvalue weighted by Gasteiger charge is -2.26. The molecule has 0 atom stereocenters. The molecule has 1 amide bonds. The molecule has 0 saturated carbocycles. The highest BCUT2D eigenvalue weighted by molar-refractivity contribution is 5.92. The monoisotopic (exact) mass is 261 g/mol. The Hall–Kier alpha value is -1.62.